The van der Waals surface area contributed by atoms with Crippen LogP contribution in [-0.2, 0) is 9.63 Å². The number of carbonyl (C=O) groups is 2. The maximum Gasteiger partial charge on any atom is 0.348 e. The number of furan rings is 1. The molecule has 1 unspecified atom stereocenters. The monoisotopic (exact) mass is 254 g/mol. The summed E-state index contributed by atoms with van der Waals surface area (Å²) in [5.74, 6) is 0.725. The molecule has 0 aliphatic heterocycles. The van der Waals surface area contributed by atoms with E-state index in [0.29, 0.717) is 17.9 Å². The lowest BCUT2D eigenvalue weighted by Gasteiger charge is -2.23. The number of amides is 2. The van der Waals surface area contributed by atoms with Crippen molar-refractivity contribution >= 4 is 12.0 Å². The molecule has 100 valence electrons. The number of nitrogens with two attached hydrogens (primary N) is 1. The standard InChI is InChI=1S/C12H18N2O4/c1-4-5-11(15)18-14(12(13)16)9(3)10-7-6-8(2)17-10/h6-7,9H,4-5H2,1-3H3,(H2,13,16). The van der Waals surface area contributed by atoms with Gasteiger partial charge in [-0.15, -0.1) is 5.06 Å². The molecule has 18 heavy (non-hydrogen) atoms. The van der Waals surface area contributed by atoms with Crippen molar-refractivity contribution in [3.63, 3.8) is 0 Å². The summed E-state index contributed by atoms with van der Waals surface area (Å²) in [5.41, 5.74) is 5.19. The summed E-state index contributed by atoms with van der Waals surface area (Å²) in [6, 6.07) is 2.08. The molecule has 6 nitrogen and oxygen atoms in total. The first kappa shape index (κ1) is 14.1. The van der Waals surface area contributed by atoms with Crippen molar-refractivity contribution in [2.24, 2.45) is 5.73 Å². The Kier molecular flexibility index (Phi) is 4.76. The third-order valence-electron chi connectivity index (χ3n) is 2.40. The Hall–Kier alpha value is -1.98. The smallest absolute Gasteiger partial charge is 0.348 e. The Labute approximate surface area is 106 Å². The molecule has 0 spiro atoms. The average molecular weight is 254 g/mol. The van der Waals surface area contributed by atoms with Crippen LogP contribution in [0.3, 0.4) is 0 Å². The quantitative estimate of drug-likeness (QED) is 0.835. The van der Waals surface area contributed by atoms with Gasteiger partial charge in [0.15, 0.2) is 0 Å². The molecule has 1 aromatic rings. The fourth-order valence-electron chi connectivity index (χ4n) is 1.47. The van der Waals surface area contributed by atoms with Gasteiger partial charge in [0.2, 0.25) is 0 Å². The van der Waals surface area contributed by atoms with Crippen LogP contribution in [0.25, 0.3) is 0 Å². The average Bonchev–Trinajstić information content (AvgIpc) is 2.72. The normalized spacial score (nSPS) is 11.9. The van der Waals surface area contributed by atoms with E-state index in [1.54, 1.807) is 26.0 Å². The van der Waals surface area contributed by atoms with Gasteiger partial charge in [0, 0.05) is 6.42 Å². The van der Waals surface area contributed by atoms with Crippen LogP contribution in [0.15, 0.2) is 16.5 Å². The van der Waals surface area contributed by atoms with Crippen LogP contribution in [-0.4, -0.2) is 17.1 Å². The number of rotatable bonds is 4. The van der Waals surface area contributed by atoms with E-state index in [1.807, 2.05) is 6.92 Å². The van der Waals surface area contributed by atoms with Gasteiger partial charge < -0.3 is 15.0 Å². The zero-order valence-corrected chi connectivity index (χ0v) is 10.8. The molecule has 1 heterocycles. The van der Waals surface area contributed by atoms with Crippen molar-refractivity contribution in [3.05, 3.63) is 23.7 Å². The van der Waals surface area contributed by atoms with Gasteiger partial charge in [0.25, 0.3) is 0 Å². The minimum atomic E-state index is -0.832. The summed E-state index contributed by atoms with van der Waals surface area (Å²) < 4.78 is 5.38. The summed E-state index contributed by atoms with van der Waals surface area (Å²) >= 11 is 0. The lowest BCUT2D eigenvalue weighted by atomic mass is 10.2. The number of nitrogens with zero attached hydrogens (tertiary/aromatic N) is 1. The molecule has 2 amide bonds. The highest BCUT2D eigenvalue weighted by Gasteiger charge is 2.25. The topological polar surface area (TPSA) is 85.8 Å². The Morgan fingerprint density at radius 2 is 2.17 bits per heavy atom. The predicted octanol–water partition coefficient (Wildman–Crippen LogP) is 2.29. The zero-order valence-electron chi connectivity index (χ0n) is 10.8. The molecule has 1 aromatic heterocycles. The minimum Gasteiger partial charge on any atom is -0.464 e. The number of hydrogen-bond acceptors (Lipinski definition) is 4. The van der Waals surface area contributed by atoms with Crippen LogP contribution in [0.2, 0.25) is 0 Å². The third-order valence-corrected chi connectivity index (χ3v) is 2.40. The van der Waals surface area contributed by atoms with Crippen LogP contribution < -0.4 is 5.73 Å². The van der Waals surface area contributed by atoms with Crippen molar-refractivity contribution in [2.75, 3.05) is 0 Å². The molecule has 0 radical (unpaired) electrons. The molecule has 1 atom stereocenters. The second-order valence-corrected chi connectivity index (χ2v) is 4.00. The highest BCUT2D eigenvalue weighted by Crippen LogP contribution is 2.22. The highest BCUT2D eigenvalue weighted by molar-refractivity contribution is 5.75. The van der Waals surface area contributed by atoms with Crippen molar-refractivity contribution in [1.29, 1.82) is 0 Å². The van der Waals surface area contributed by atoms with Gasteiger partial charge in [0.05, 0.1) is 0 Å². The molecule has 0 bridgehead atoms. The number of carbonyl (C=O) groups excluding carboxylic acids is 2. The molecule has 0 aliphatic rings. The summed E-state index contributed by atoms with van der Waals surface area (Å²) in [6.45, 7) is 5.30. The maximum absolute atomic E-state index is 11.4. The Morgan fingerprint density at radius 3 is 2.61 bits per heavy atom. The highest BCUT2D eigenvalue weighted by atomic mass is 16.7. The number of hydrogen-bond donors (Lipinski definition) is 1. The van der Waals surface area contributed by atoms with Crippen LogP contribution in [0, 0.1) is 6.92 Å². The predicted molar refractivity (Wildman–Crippen MR) is 64.3 cm³/mol. The Bertz CT molecular complexity index is 427. The van der Waals surface area contributed by atoms with Crippen molar-refractivity contribution in [2.45, 2.75) is 39.7 Å². The first-order chi connectivity index (χ1) is 8.45. The number of aryl methyl sites for hydroxylation is 1. The number of hydroxylamine groups is 2. The molecule has 0 aromatic carbocycles. The van der Waals surface area contributed by atoms with E-state index in [9.17, 15) is 9.59 Å². The van der Waals surface area contributed by atoms with Crippen molar-refractivity contribution in [1.82, 2.24) is 5.06 Å². The second kappa shape index (κ2) is 6.09. The van der Waals surface area contributed by atoms with E-state index >= 15 is 0 Å². The van der Waals surface area contributed by atoms with Gasteiger partial charge in [-0.2, -0.15) is 0 Å². The number of primary amides is 1. The van der Waals surface area contributed by atoms with E-state index in [4.69, 9.17) is 15.0 Å². The van der Waals surface area contributed by atoms with Crippen LogP contribution in [0.4, 0.5) is 4.79 Å². The third kappa shape index (κ3) is 3.51. The Balaban J connectivity index is 2.78. The fourth-order valence-corrected chi connectivity index (χ4v) is 1.47. The Morgan fingerprint density at radius 1 is 1.50 bits per heavy atom. The molecular formula is C12H18N2O4. The summed E-state index contributed by atoms with van der Waals surface area (Å²) in [6.07, 6.45) is 0.868. The molecular weight excluding hydrogens is 236 g/mol. The number of urea groups is 1. The fraction of sp³-hybridized carbons (Fsp3) is 0.500. The van der Waals surface area contributed by atoms with E-state index in [0.717, 1.165) is 5.06 Å². The molecule has 1 rings (SSSR count). The molecule has 2 N–H and O–H groups in total. The lowest BCUT2D eigenvalue weighted by molar-refractivity contribution is -0.184. The van der Waals surface area contributed by atoms with E-state index in [-0.39, 0.29) is 6.42 Å². The van der Waals surface area contributed by atoms with Gasteiger partial charge in [-0.1, -0.05) is 6.92 Å². The first-order valence-corrected chi connectivity index (χ1v) is 5.81. The van der Waals surface area contributed by atoms with Crippen LogP contribution in [0.5, 0.6) is 0 Å². The first-order valence-electron chi connectivity index (χ1n) is 5.81. The largest absolute Gasteiger partial charge is 0.464 e. The second-order valence-electron chi connectivity index (χ2n) is 4.00. The summed E-state index contributed by atoms with van der Waals surface area (Å²) in [4.78, 5) is 27.6. The molecule has 0 saturated carbocycles. The van der Waals surface area contributed by atoms with E-state index in [2.05, 4.69) is 0 Å². The van der Waals surface area contributed by atoms with Crippen LogP contribution >= 0.6 is 0 Å². The van der Waals surface area contributed by atoms with Gasteiger partial charge in [-0.25, -0.2) is 9.59 Å². The summed E-state index contributed by atoms with van der Waals surface area (Å²) in [7, 11) is 0. The van der Waals surface area contributed by atoms with Gasteiger partial charge in [-0.05, 0) is 32.4 Å². The molecule has 0 fully saturated rings. The van der Waals surface area contributed by atoms with Gasteiger partial charge in [-0.3, -0.25) is 0 Å². The van der Waals surface area contributed by atoms with Crippen LogP contribution in [0.1, 0.15) is 44.3 Å². The van der Waals surface area contributed by atoms with E-state index < -0.39 is 18.0 Å². The minimum absolute atomic E-state index is 0.230. The summed E-state index contributed by atoms with van der Waals surface area (Å²) in [5, 5.41) is 0.830. The van der Waals surface area contributed by atoms with Crippen molar-refractivity contribution in [3.8, 4) is 0 Å². The molecule has 0 aliphatic carbocycles. The van der Waals surface area contributed by atoms with Gasteiger partial charge >= 0.3 is 12.0 Å². The van der Waals surface area contributed by atoms with Gasteiger partial charge in [0.1, 0.15) is 17.6 Å². The lowest BCUT2D eigenvalue weighted by Crippen LogP contribution is -2.39. The maximum atomic E-state index is 11.4. The molecule has 0 saturated heterocycles. The van der Waals surface area contributed by atoms with E-state index in [1.165, 1.54) is 0 Å². The SMILES string of the molecule is CCCC(=O)ON(C(N)=O)C(C)c1ccc(C)o1. The van der Waals surface area contributed by atoms with Crippen molar-refractivity contribution < 1.29 is 18.8 Å². The zero-order chi connectivity index (χ0) is 13.7. The molecule has 6 heteroatoms.